The number of rotatable bonds is 6. The second-order valence-corrected chi connectivity index (χ2v) is 5.02. The number of hydrogen-bond acceptors (Lipinski definition) is 4. The molecule has 2 rings (SSSR count). The van der Waals surface area contributed by atoms with Gasteiger partial charge in [0.05, 0.1) is 5.69 Å². The second kappa shape index (κ2) is 5.55. The summed E-state index contributed by atoms with van der Waals surface area (Å²) in [6.45, 7) is 6.07. The average molecular weight is 263 g/mol. The molecule has 5 nitrogen and oxygen atoms in total. The molecule has 5 heteroatoms. The largest absolute Gasteiger partial charge is 0.478 e. The second-order valence-electron chi connectivity index (χ2n) is 5.02. The van der Waals surface area contributed by atoms with Crippen LogP contribution >= 0.6 is 0 Å². The third-order valence-corrected chi connectivity index (χ3v) is 3.83. The molecule has 1 aliphatic rings. The maximum atomic E-state index is 11.5. The zero-order valence-corrected chi connectivity index (χ0v) is 11.7. The van der Waals surface area contributed by atoms with Gasteiger partial charge in [0.1, 0.15) is 5.56 Å². The van der Waals surface area contributed by atoms with Crippen molar-refractivity contribution >= 4 is 11.8 Å². The number of aromatic carboxylic acids is 1. The lowest BCUT2D eigenvalue weighted by atomic mass is 10.0. The van der Waals surface area contributed by atoms with Crippen LogP contribution in [0, 0.1) is 5.92 Å². The van der Waals surface area contributed by atoms with Gasteiger partial charge >= 0.3 is 5.97 Å². The maximum Gasteiger partial charge on any atom is 0.339 e. The SMILES string of the molecule is CCc1nnc(NC2CC2CC)c(C(=O)O)c1CC. The van der Waals surface area contributed by atoms with E-state index in [1.54, 1.807) is 0 Å². The smallest absolute Gasteiger partial charge is 0.339 e. The van der Waals surface area contributed by atoms with Gasteiger partial charge in [-0.15, -0.1) is 5.10 Å². The van der Waals surface area contributed by atoms with E-state index in [2.05, 4.69) is 22.4 Å². The minimum Gasteiger partial charge on any atom is -0.478 e. The molecule has 0 saturated heterocycles. The fraction of sp³-hybridized carbons (Fsp3) is 0.643. The van der Waals surface area contributed by atoms with Crippen molar-refractivity contribution in [2.75, 3.05) is 5.32 Å². The van der Waals surface area contributed by atoms with Crippen molar-refractivity contribution in [3.63, 3.8) is 0 Å². The Morgan fingerprint density at radius 1 is 1.32 bits per heavy atom. The van der Waals surface area contributed by atoms with Crippen molar-refractivity contribution in [3.05, 3.63) is 16.8 Å². The van der Waals surface area contributed by atoms with Gasteiger partial charge in [-0.1, -0.05) is 27.2 Å². The minimum absolute atomic E-state index is 0.302. The van der Waals surface area contributed by atoms with Crippen LogP contribution in [-0.2, 0) is 12.8 Å². The molecule has 1 aliphatic carbocycles. The van der Waals surface area contributed by atoms with Gasteiger partial charge < -0.3 is 10.4 Å². The summed E-state index contributed by atoms with van der Waals surface area (Å²) in [4.78, 5) is 11.5. The zero-order chi connectivity index (χ0) is 14.0. The molecule has 1 aromatic rings. The number of carbonyl (C=O) groups is 1. The third kappa shape index (κ3) is 2.69. The zero-order valence-electron chi connectivity index (χ0n) is 11.7. The lowest BCUT2D eigenvalue weighted by Crippen LogP contribution is -2.16. The Morgan fingerprint density at radius 2 is 2.05 bits per heavy atom. The number of nitrogens with one attached hydrogen (secondary N) is 1. The third-order valence-electron chi connectivity index (χ3n) is 3.83. The van der Waals surface area contributed by atoms with E-state index in [-0.39, 0.29) is 0 Å². The fourth-order valence-electron chi connectivity index (χ4n) is 2.56. The van der Waals surface area contributed by atoms with Gasteiger partial charge in [-0.3, -0.25) is 0 Å². The first kappa shape index (κ1) is 13.8. The molecule has 0 amide bonds. The van der Waals surface area contributed by atoms with E-state index >= 15 is 0 Å². The molecular weight excluding hydrogens is 242 g/mol. The molecule has 0 aromatic carbocycles. The molecule has 2 N–H and O–H groups in total. The van der Waals surface area contributed by atoms with E-state index in [4.69, 9.17) is 0 Å². The Morgan fingerprint density at radius 3 is 2.53 bits per heavy atom. The molecule has 2 atom stereocenters. The molecule has 1 heterocycles. The maximum absolute atomic E-state index is 11.5. The van der Waals surface area contributed by atoms with Crippen LogP contribution in [0.1, 0.15) is 55.2 Å². The Hall–Kier alpha value is -1.65. The van der Waals surface area contributed by atoms with Gasteiger partial charge in [-0.05, 0) is 30.7 Å². The van der Waals surface area contributed by atoms with Crippen LogP contribution in [0.15, 0.2) is 0 Å². The fourth-order valence-corrected chi connectivity index (χ4v) is 2.56. The van der Waals surface area contributed by atoms with E-state index in [1.165, 1.54) is 0 Å². The normalized spacial score (nSPS) is 21.2. The first-order valence-corrected chi connectivity index (χ1v) is 7.00. The number of anilines is 1. The predicted molar refractivity (Wildman–Crippen MR) is 73.6 cm³/mol. The van der Waals surface area contributed by atoms with Crippen molar-refractivity contribution in [3.8, 4) is 0 Å². The summed E-state index contributed by atoms with van der Waals surface area (Å²) in [5.41, 5.74) is 1.89. The summed E-state index contributed by atoms with van der Waals surface area (Å²) >= 11 is 0. The molecule has 0 spiro atoms. The molecular formula is C14H21N3O2. The lowest BCUT2D eigenvalue weighted by molar-refractivity contribution is 0.0696. The number of aromatic nitrogens is 2. The van der Waals surface area contributed by atoms with Crippen molar-refractivity contribution in [2.24, 2.45) is 5.92 Å². The first-order valence-electron chi connectivity index (χ1n) is 7.00. The Balaban J connectivity index is 2.34. The topological polar surface area (TPSA) is 75.1 Å². The minimum atomic E-state index is -0.919. The molecule has 104 valence electrons. The van der Waals surface area contributed by atoms with E-state index in [0.717, 1.165) is 24.1 Å². The Kier molecular flexibility index (Phi) is 4.02. The van der Waals surface area contributed by atoms with Crippen LogP contribution in [0.3, 0.4) is 0 Å². The van der Waals surface area contributed by atoms with Gasteiger partial charge in [-0.2, -0.15) is 5.10 Å². The van der Waals surface area contributed by atoms with Crippen molar-refractivity contribution in [2.45, 2.75) is 52.5 Å². The van der Waals surface area contributed by atoms with Gasteiger partial charge in [0, 0.05) is 6.04 Å². The van der Waals surface area contributed by atoms with Crippen molar-refractivity contribution < 1.29 is 9.90 Å². The molecule has 1 fully saturated rings. The van der Waals surface area contributed by atoms with E-state index < -0.39 is 5.97 Å². The van der Waals surface area contributed by atoms with Crippen LogP contribution in [0.25, 0.3) is 0 Å². The lowest BCUT2D eigenvalue weighted by Gasteiger charge is -2.13. The molecule has 1 aromatic heterocycles. The summed E-state index contributed by atoms with van der Waals surface area (Å²) in [6.07, 6.45) is 3.57. The highest BCUT2D eigenvalue weighted by atomic mass is 16.4. The summed E-state index contributed by atoms with van der Waals surface area (Å²) in [7, 11) is 0. The molecule has 2 unspecified atom stereocenters. The standard InChI is InChI=1S/C14H21N3O2/c1-4-8-7-11(8)15-13-12(14(18)19)9(5-2)10(6-3)16-17-13/h8,11H,4-7H2,1-3H3,(H,15,17)(H,18,19). The van der Waals surface area contributed by atoms with E-state index in [0.29, 0.717) is 36.2 Å². The summed E-state index contributed by atoms with van der Waals surface area (Å²) < 4.78 is 0. The number of carboxylic acid groups (broad SMARTS) is 1. The summed E-state index contributed by atoms with van der Waals surface area (Å²) in [5.74, 6) is 0.152. The molecule has 0 aliphatic heterocycles. The van der Waals surface area contributed by atoms with Gasteiger partial charge in [-0.25, -0.2) is 4.79 Å². The number of aryl methyl sites for hydroxylation is 1. The highest BCUT2D eigenvalue weighted by molar-refractivity contribution is 5.95. The van der Waals surface area contributed by atoms with Crippen molar-refractivity contribution in [1.82, 2.24) is 10.2 Å². The monoisotopic (exact) mass is 263 g/mol. The highest BCUT2D eigenvalue weighted by Crippen LogP contribution is 2.36. The van der Waals surface area contributed by atoms with Crippen LogP contribution < -0.4 is 5.32 Å². The molecule has 19 heavy (non-hydrogen) atoms. The number of hydrogen-bond donors (Lipinski definition) is 2. The van der Waals surface area contributed by atoms with Gasteiger partial charge in [0.2, 0.25) is 0 Å². The molecule has 1 saturated carbocycles. The van der Waals surface area contributed by atoms with Crippen LogP contribution in [-0.4, -0.2) is 27.3 Å². The van der Waals surface area contributed by atoms with Gasteiger partial charge in [0.25, 0.3) is 0 Å². The quantitative estimate of drug-likeness (QED) is 0.824. The van der Waals surface area contributed by atoms with Gasteiger partial charge in [0.15, 0.2) is 5.82 Å². The predicted octanol–water partition coefficient (Wildman–Crippen LogP) is 2.51. The summed E-state index contributed by atoms with van der Waals surface area (Å²) in [5, 5.41) is 20.9. The first-order chi connectivity index (χ1) is 9.12. The van der Waals surface area contributed by atoms with Crippen LogP contribution in [0.2, 0.25) is 0 Å². The number of nitrogens with zero attached hydrogens (tertiary/aromatic N) is 2. The van der Waals surface area contributed by atoms with E-state index in [9.17, 15) is 9.90 Å². The Bertz CT molecular complexity index is 488. The Labute approximate surface area is 113 Å². The summed E-state index contributed by atoms with van der Waals surface area (Å²) in [6, 6.07) is 0.356. The van der Waals surface area contributed by atoms with Crippen LogP contribution in [0.4, 0.5) is 5.82 Å². The highest BCUT2D eigenvalue weighted by Gasteiger charge is 2.36. The van der Waals surface area contributed by atoms with Crippen LogP contribution in [0.5, 0.6) is 0 Å². The molecule has 0 bridgehead atoms. The molecule has 0 radical (unpaired) electrons. The van der Waals surface area contributed by atoms with Crippen molar-refractivity contribution in [1.29, 1.82) is 0 Å². The van der Waals surface area contributed by atoms with E-state index in [1.807, 2.05) is 13.8 Å². The number of carboxylic acids is 1. The average Bonchev–Trinajstić information content (AvgIpc) is 3.15.